The van der Waals surface area contributed by atoms with E-state index >= 15 is 0 Å². The molecular weight excluding hydrogens is 528 g/mol. The number of benzene rings is 3. The topological polar surface area (TPSA) is 72.7 Å². The zero-order valence-electron chi connectivity index (χ0n) is 22.4. The van der Waals surface area contributed by atoms with E-state index in [1.54, 1.807) is 0 Å². The minimum atomic E-state index is -0.246. The van der Waals surface area contributed by atoms with Crippen molar-refractivity contribution in [3.05, 3.63) is 129 Å². The minimum absolute atomic E-state index is 0.0428. The molecule has 1 unspecified atom stereocenters. The molecule has 3 aromatic carbocycles. The van der Waals surface area contributed by atoms with Gasteiger partial charge in [0.2, 0.25) is 0 Å². The number of nitrogens with one attached hydrogen (secondary N) is 1. The van der Waals surface area contributed by atoms with E-state index < -0.39 is 0 Å². The summed E-state index contributed by atoms with van der Waals surface area (Å²) >= 11 is 1.47. The summed E-state index contributed by atoms with van der Waals surface area (Å²) in [6.45, 7) is 0. The van der Waals surface area contributed by atoms with Gasteiger partial charge in [0.15, 0.2) is 0 Å². The predicted octanol–water partition coefficient (Wildman–Crippen LogP) is 7.11. The molecule has 4 heterocycles. The van der Waals surface area contributed by atoms with Crippen molar-refractivity contribution >= 4 is 38.2 Å². The van der Waals surface area contributed by atoms with Gasteiger partial charge in [-0.15, -0.1) is 0 Å². The van der Waals surface area contributed by atoms with Crippen LogP contribution in [-0.4, -0.2) is 18.5 Å². The maximum atomic E-state index is 13.5. The molecule has 1 aliphatic heterocycles. The fraction of sp³-hybridized carbons (Fsp3) is 0.206. The maximum absolute atomic E-state index is 13.5. The summed E-state index contributed by atoms with van der Waals surface area (Å²) in [5.41, 5.74) is 7.19. The van der Waals surface area contributed by atoms with Crippen LogP contribution in [0.1, 0.15) is 54.6 Å². The zero-order chi connectivity index (χ0) is 27.5. The van der Waals surface area contributed by atoms with E-state index in [1.807, 2.05) is 40.4 Å². The molecule has 0 saturated heterocycles. The minimum Gasteiger partial charge on any atom is -0.337 e. The lowest BCUT2D eigenvalue weighted by molar-refractivity contribution is 0.546. The van der Waals surface area contributed by atoms with E-state index in [1.165, 1.54) is 28.4 Å². The summed E-state index contributed by atoms with van der Waals surface area (Å²) in [5.74, 6) is 0. The zero-order valence-corrected chi connectivity index (χ0v) is 23.2. The first kappa shape index (κ1) is 24.3. The van der Waals surface area contributed by atoms with E-state index in [9.17, 15) is 9.59 Å². The van der Waals surface area contributed by atoms with Crippen molar-refractivity contribution in [1.82, 2.24) is 18.5 Å². The lowest BCUT2D eigenvalue weighted by Gasteiger charge is -2.14. The summed E-state index contributed by atoms with van der Waals surface area (Å²) in [6, 6.07) is 26.8. The normalized spacial score (nSPS) is 17.0. The van der Waals surface area contributed by atoms with Crippen LogP contribution in [0.4, 0.5) is 0 Å². The van der Waals surface area contributed by atoms with Gasteiger partial charge in [-0.3, -0.25) is 13.5 Å². The molecular formula is C34H28N4O2S. The smallest absolute Gasteiger partial charge is 0.275 e. The summed E-state index contributed by atoms with van der Waals surface area (Å²) in [4.78, 5) is 34.6. The van der Waals surface area contributed by atoms with E-state index in [0.29, 0.717) is 16.6 Å². The van der Waals surface area contributed by atoms with Crippen LogP contribution in [0.3, 0.4) is 0 Å². The first-order chi connectivity index (χ1) is 20.1. The van der Waals surface area contributed by atoms with Crippen LogP contribution in [-0.2, 0) is 6.42 Å². The molecule has 2 aliphatic rings. The number of hydrogen-bond donors (Lipinski definition) is 1. The van der Waals surface area contributed by atoms with Gasteiger partial charge in [0.25, 0.3) is 11.1 Å². The second-order valence-electron chi connectivity index (χ2n) is 11.1. The lowest BCUT2D eigenvalue weighted by Crippen LogP contribution is -2.16. The predicted molar refractivity (Wildman–Crippen MR) is 166 cm³/mol. The number of allylic oxidation sites excluding steroid dienone is 2. The van der Waals surface area contributed by atoms with Gasteiger partial charge in [-0.1, -0.05) is 79.0 Å². The number of nitrogens with zero attached hydrogens (tertiary/aromatic N) is 3. The Morgan fingerprint density at radius 3 is 2.63 bits per heavy atom. The monoisotopic (exact) mass is 556 g/mol. The number of rotatable bonds is 5. The lowest BCUT2D eigenvalue weighted by atomic mass is 10.0. The molecule has 6 nitrogen and oxygen atoms in total. The fourth-order valence-electron chi connectivity index (χ4n) is 6.59. The highest BCUT2D eigenvalue weighted by molar-refractivity contribution is 7.14. The van der Waals surface area contributed by atoms with E-state index in [-0.39, 0.29) is 23.2 Å². The average molecular weight is 557 g/mol. The number of hydrogen-bond acceptors (Lipinski definition) is 4. The summed E-state index contributed by atoms with van der Waals surface area (Å²) < 4.78 is 5.04. The maximum Gasteiger partial charge on any atom is 0.275 e. The van der Waals surface area contributed by atoms with Crippen molar-refractivity contribution in [3.8, 4) is 11.3 Å². The highest BCUT2D eigenvalue weighted by Gasteiger charge is 2.25. The number of aromatic amines is 1. The molecule has 6 aromatic rings. The third-order valence-corrected chi connectivity index (χ3v) is 9.89. The quantitative estimate of drug-likeness (QED) is 0.246. The average Bonchev–Trinajstić information content (AvgIpc) is 3.79. The van der Waals surface area contributed by atoms with Crippen molar-refractivity contribution in [3.63, 3.8) is 0 Å². The molecule has 3 aromatic heterocycles. The second kappa shape index (κ2) is 9.56. The van der Waals surface area contributed by atoms with Gasteiger partial charge in [-0.05, 0) is 66.3 Å². The van der Waals surface area contributed by atoms with Crippen LogP contribution in [0.25, 0.3) is 38.0 Å². The van der Waals surface area contributed by atoms with Gasteiger partial charge < -0.3 is 9.55 Å². The third kappa shape index (κ3) is 4.03. The molecule has 0 amide bonds. The fourth-order valence-corrected chi connectivity index (χ4v) is 7.84. The van der Waals surface area contributed by atoms with Gasteiger partial charge in [0.05, 0.1) is 27.2 Å². The van der Waals surface area contributed by atoms with Crippen LogP contribution in [0.5, 0.6) is 0 Å². The number of aromatic nitrogens is 4. The number of fused-ring (bicyclic) bond motifs is 3. The molecule has 1 aliphatic carbocycles. The van der Waals surface area contributed by atoms with E-state index in [2.05, 4.69) is 64.3 Å². The Morgan fingerprint density at radius 1 is 0.927 bits per heavy atom. The molecule has 1 atom stereocenters. The Labute approximate surface area is 240 Å². The Kier molecular flexibility index (Phi) is 5.67. The number of H-pyrrole nitrogens is 1. The Bertz CT molecular complexity index is 2090. The molecule has 41 heavy (non-hydrogen) atoms. The van der Waals surface area contributed by atoms with Crippen LogP contribution in [0.15, 0.2) is 101 Å². The molecule has 7 heteroatoms. The van der Waals surface area contributed by atoms with Gasteiger partial charge in [0.1, 0.15) is 5.69 Å². The first-order valence-electron chi connectivity index (χ1n) is 14.2. The van der Waals surface area contributed by atoms with Crippen molar-refractivity contribution in [2.45, 2.75) is 44.2 Å². The van der Waals surface area contributed by atoms with Crippen molar-refractivity contribution in [2.24, 2.45) is 0 Å². The van der Waals surface area contributed by atoms with E-state index in [4.69, 9.17) is 4.98 Å². The summed E-state index contributed by atoms with van der Waals surface area (Å²) in [6.07, 6.45) is 9.69. The molecule has 0 spiro atoms. The molecule has 1 N–H and O–H groups in total. The van der Waals surface area contributed by atoms with Crippen molar-refractivity contribution in [1.29, 1.82) is 0 Å². The van der Waals surface area contributed by atoms with Gasteiger partial charge >= 0.3 is 0 Å². The standard InChI is InChI=1S/C34H28N4O2S/c39-33-31(25-12-6-13-26-32(25)41-38(34(26)40)24-10-4-5-11-24)35-27-16-15-22(19-28(27)36-33)30-20-23(29-14-7-17-37(29)30)18-21-8-2-1-3-9-21/h1-3,6-9,12-17,19-20,24,30H,4-5,10-11,18H2,(H,36,39). The third-order valence-electron chi connectivity index (χ3n) is 8.61. The van der Waals surface area contributed by atoms with Gasteiger partial charge in [-0.2, -0.15) is 0 Å². The van der Waals surface area contributed by atoms with Crippen LogP contribution < -0.4 is 11.1 Å². The molecule has 0 radical (unpaired) electrons. The van der Waals surface area contributed by atoms with Crippen LogP contribution >= 0.6 is 11.5 Å². The van der Waals surface area contributed by atoms with Gasteiger partial charge in [-0.25, -0.2) is 4.98 Å². The summed E-state index contributed by atoms with van der Waals surface area (Å²) in [5, 5.41) is 0.665. The highest BCUT2D eigenvalue weighted by Crippen LogP contribution is 2.38. The largest absolute Gasteiger partial charge is 0.337 e. The SMILES string of the molecule is O=c1[nH]c2cc(C3C=C(Cc4ccccc4)c4cccn43)ccc2nc1-c1cccc2c(=O)n(C3CCCC3)sc12. The van der Waals surface area contributed by atoms with Crippen LogP contribution in [0, 0.1) is 0 Å². The van der Waals surface area contributed by atoms with Gasteiger partial charge in [0, 0.05) is 23.5 Å². The Morgan fingerprint density at radius 2 is 1.78 bits per heavy atom. The van der Waals surface area contributed by atoms with Crippen molar-refractivity contribution < 1.29 is 0 Å². The molecule has 1 saturated carbocycles. The molecule has 1 fully saturated rings. The Balaban J connectivity index is 1.18. The summed E-state index contributed by atoms with van der Waals surface area (Å²) in [7, 11) is 0. The van der Waals surface area contributed by atoms with Crippen molar-refractivity contribution in [2.75, 3.05) is 0 Å². The Hall–Kier alpha value is -4.49. The molecule has 0 bridgehead atoms. The van der Waals surface area contributed by atoms with Crippen LogP contribution in [0.2, 0.25) is 0 Å². The molecule has 8 rings (SSSR count). The molecule has 202 valence electrons. The first-order valence-corrected chi connectivity index (χ1v) is 15.0. The highest BCUT2D eigenvalue weighted by atomic mass is 32.1. The second-order valence-corrected chi connectivity index (χ2v) is 12.1. The van der Waals surface area contributed by atoms with E-state index in [0.717, 1.165) is 53.4 Å².